The summed E-state index contributed by atoms with van der Waals surface area (Å²) in [6.45, 7) is 3.75. The fraction of sp³-hybridized carbons (Fsp3) is 0.278. The number of nitrogens with zero attached hydrogens (tertiary/aromatic N) is 1. The third-order valence-corrected chi connectivity index (χ3v) is 4.16. The van der Waals surface area contributed by atoms with E-state index >= 15 is 0 Å². The molecule has 3 rings (SSSR count). The predicted molar refractivity (Wildman–Crippen MR) is 92.0 cm³/mol. The van der Waals surface area contributed by atoms with Gasteiger partial charge in [0.2, 0.25) is 0 Å². The lowest BCUT2D eigenvalue weighted by atomic mass is 10.1. The zero-order chi connectivity index (χ0) is 16.2. The number of hydrogen-bond donors (Lipinski definition) is 0. The van der Waals surface area contributed by atoms with E-state index in [0.717, 1.165) is 4.47 Å². The summed E-state index contributed by atoms with van der Waals surface area (Å²) < 4.78 is 12.4. The van der Waals surface area contributed by atoms with E-state index in [2.05, 4.69) is 15.9 Å². The molecule has 2 aromatic carbocycles. The Hall–Kier alpha value is -1.85. The summed E-state index contributed by atoms with van der Waals surface area (Å²) in [7, 11) is 0. The average Bonchev–Trinajstić information content (AvgIpc) is 2.55. The van der Waals surface area contributed by atoms with Gasteiger partial charge in [-0.3, -0.25) is 4.79 Å². The monoisotopic (exact) mass is 375 g/mol. The van der Waals surface area contributed by atoms with E-state index in [1.165, 1.54) is 0 Å². The molecule has 5 heteroatoms. The first kappa shape index (κ1) is 16.0. The third kappa shape index (κ3) is 3.92. The molecule has 1 atom stereocenters. The zero-order valence-electron chi connectivity index (χ0n) is 12.9. The van der Waals surface area contributed by atoms with Crippen molar-refractivity contribution in [3.8, 4) is 11.5 Å². The van der Waals surface area contributed by atoms with Gasteiger partial charge in [-0.05, 0) is 37.3 Å². The molecule has 0 radical (unpaired) electrons. The molecule has 1 saturated heterocycles. The first-order valence-electron chi connectivity index (χ1n) is 7.57. The number of amides is 1. The summed E-state index contributed by atoms with van der Waals surface area (Å²) in [6, 6.07) is 14.9. The topological polar surface area (TPSA) is 38.8 Å². The molecule has 1 heterocycles. The van der Waals surface area contributed by atoms with Crippen LogP contribution in [0.4, 0.5) is 0 Å². The molecule has 1 unspecified atom stereocenters. The number of rotatable bonds is 3. The minimum atomic E-state index is -0.0225. The van der Waals surface area contributed by atoms with Crippen LogP contribution < -0.4 is 4.74 Å². The van der Waals surface area contributed by atoms with E-state index in [1.807, 2.05) is 54.3 Å². The van der Waals surface area contributed by atoms with Gasteiger partial charge in [0.05, 0.1) is 18.3 Å². The van der Waals surface area contributed by atoms with Gasteiger partial charge < -0.3 is 14.4 Å². The fourth-order valence-corrected chi connectivity index (χ4v) is 2.94. The smallest absolute Gasteiger partial charge is 0.257 e. The normalized spacial score (nSPS) is 17.8. The van der Waals surface area contributed by atoms with Crippen LogP contribution in [0.5, 0.6) is 11.5 Å². The second kappa shape index (κ2) is 7.15. The lowest BCUT2D eigenvalue weighted by Crippen LogP contribution is -2.44. The molecule has 0 spiro atoms. The summed E-state index contributed by atoms with van der Waals surface area (Å²) in [4.78, 5) is 14.6. The largest absolute Gasteiger partial charge is 0.456 e. The Morgan fingerprint density at radius 1 is 1.26 bits per heavy atom. The molecule has 1 aliphatic heterocycles. The van der Waals surface area contributed by atoms with Crippen molar-refractivity contribution in [2.24, 2.45) is 0 Å². The molecule has 1 fully saturated rings. The Labute approximate surface area is 144 Å². The molecule has 23 heavy (non-hydrogen) atoms. The molecule has 4 nitrogen and oxygen atoms in total. The van der Waals surface area contributed by atoms with Crippen molar-refractivity contribution in [2.75, 3.05) is 19.7 Å². The standard InChI is InChI=1S/C18H18BrNO3/c1-13-12-20(9-10-22-13)18(21)16-7-2-3-8-17(16)23-15-6-4-5-14(19)11-15/h2-8,11,13H,9-10,12H2,1H3. The maximum atomic E-state index is 12.8. The molecule has 0 aliphatic carbocycles. The molecule has 2 aromatic rings. The first-order valence-corrected chi connectivity index (χ1v) is 8.36. The van der Waals surface area contributed by atoms with Crippen LogP contribution in [0.3, 0.4) is 0 Å². The van der Waals surface area contributed by atoms with Crippen molar-refractivity contribution in [1.29, 1.82) is 0 Å². The Bertz CT molecular complexity index is 704. The van der Waals surface area contributed by atoms with Crippen molar-refractivity contribution >= 4 is 21.8 Å². The van der Waals surface area contributed by atoms with Crippen LogP contribution in [0.2, 0.25) is 0 Å². The van der Waals surface area contributed by atoms with Gasteiger partial charge in [0.25, 0.3) is 5.91 Å². The average molecular weight is 376 g/mol. The number of para-hydroxylation sites is 1. The van der Waals surface area contributed by atoms with Crippen LogP contribution in [-0.4, -0.2) is 36.6 Å². The highest BCUT2D eigenvalue weighted by atomic mass is 79.9. The second-order valence-corrected chi connectivity index (χ2v) is 6.40. The van der Waals surface area contributed by atoms with E-state index in [0.29, 0.717) is 36.8 Å². The molecule has 120 valence electrons. The number of halogens is 1. The first-order chi connectivity index (χ1) is 11.1. The molecule has 0 bridgehead atoms. The molecule has 0 aromatic heterocycles. The van der Waals surface area contributed by atoms with Crippen LogP contribution in [0.15, 0.2) is 53.0 Å². The summed E-state index contributed by atoms with van der Waals surface area (Å²) in [5.74, 6) is 1.23. The fourth-order valence-electron chi connectivity index (χ4n) is 2.56. The highest BCUT2D eigenvalue weighted by Crippen LogP contribution is 2.28. The summed E-state index contributed by atoms with van der Waals surface area (Å²) in [5, 5.41) is 0. The summed E-state index contributed by atoms with van der Waals surface area (Å²) in [5.41, 5.74) is 0.571. The van der Waals surface area contributed by atoms with Gasteiger partial charge in [-0.2, -0.15) is 0 Å². The van der Waals surface area contributed by atoms with E-state index in [1.54, 1.807) is 6.07 Å². The van der Waals surface area contributed by atoms with Gasteiger partial charge in [-0.15, -0.1) is 0 Å². The van der Waals surface area contributed by atoms with Gasteiger partial charge >= 0.3 is 0 Å². The Morgan fingerprint density at radius 2 is 2.09 bits per heavy atom. The van der Waals surface area contributed by atoms with Gasteiger partial charge in [-0.25, -0.2) is 0 Å². The van der Waals surface area contributed by atoms with Crippen LogP contribution in [0, 0.1) is 0 Å². The molecular weight excluding hydrogens is 358 g/mol. The van der Waals surface area contributed by atoms with Crippen molar-refractivity contribution in [3.05, 3.63) is 58.6 Å². The van der Waals surface area contributed by atoms with Gasteiger partial charge in [-0.1, -0.05) is 34.1 Å². The van der Waals surface area contributed by atoms with E-state index < -0.39 is 0 Å². The molecule has 1 amide bonds. The number of carbonyl (C=O) groups excluding carboxylic acids is 1. The Balaban J connectivity index is 1.84. The maximum Gasteiger partial charge on any atom is 0.257 e. The van der Waals surface area contributed by atoms with Crippen LogP contribution in [0.1, 0.15) is 17.3 Å². The van der Waals surface area contributed by atoms with Gasteiger partial charge in [0.15, 0.2) is 0 Å². The number of benzene rings is 2. The summed E-state index contributed by atoms with van der Waals surface area (Å²) >= 11 is 3.42. The van der Waals surface area contributed by atoms with Crippen molar-refractivity contribution in [1.82, 2.24) is 4.90 Å². The third-order valence-electron chi connectivity index (χ3n) is 3.67. The van der Waals surface area contributed by atoms with Crippen LogP contribution >= 0.6 is 15.9 Å². The van der Waals surface area contributed by atoms with E-state index in [4.69, 9.17) is 9.47 Å². The lowest BCUT2D eigenvalue weighted by Gasteiger charge is -2.31. The van der Waals surface area contributed by atoms with Crippen LogP contribution in [0.25, 0.3) is 0 Å². The summed E-state index contributed by atoms with van der Waals surface area (Å²) in [6.07, 6.45) is 0.0610. The predicted octanol–water partition coefficient (Wildman–Crippen LogP) is 4.10. The molecule has 1 aliphatic rings. The molecule has 0 N–H and O–H groups in total. The number of morpholine rings is 1. The minimum Gasteiger partial charge on any atom is -0.456 e. The lowest BCUT2D eigenvalue weighted by molar-refractivity contribution is -0.0125. The maximum absolute atomic E-state index is 12.8. The quantitative estimate of drug-likeness (QED) is 0.810. The van der Waals surface area contributed by atoms with Crippen molar-refractivity contribution < 1.29 is 14.3 Å². The second-order valence-electron chi connectivity index (χ2n) is 5.49. The van der Waals surface area contributed by atoms with Crippen molar-refractivity contribution in [2.45, 2.75) is 13.0 Å². The SMILES string of the molecule is CC1CN(C(=O)c2ccccc2Oc2cccc(Br)c2)CCO1. The van der Waals surface area contributed by atoms with Gasteiger partial charge in [0.1, 0.15) is 11.5 Å². The highest BCUT2D eigenvalue weighted by Gasteiger charge is 2.24. The Morgan fingerprint density at radius 3 is 2.87 bits per heavy atom. The molecule has 0 saturated carbocycles. The number of carbonyl (C=O) groups is 1. The highest BCUT2D eigenvalue weighted by molar-refractivity contribution is 9.10. The zero-order valence-corrected chi connectivity index (χ0v) is 14.5. The van der Waals surface area contributed by atoms with Crippen LogP contribution in [-0.2, 0) is 4.74 Å². The van der Waals surface area contributed by atoms with E-state index in [9.17, 15) is 4.79 Å². The Kier molecular flexibility index (Phi) is 4.98. The van der Waals surface area contributed by atoms with E-state index in [-0.39, 0.29) is 12.0 Å². The number of ether oxygens (including phenoxy) is 2. The van der Waals surface area contributed by atoms with Gasteiger partial charge in [0, 0.05) is 17.6 Å². The minimum absolute atomic E-state index is 0.0225. The molecular formula is C18H18BrNO3. The van der Waals surface area contributed by atoms with Crippen molar-refractivity contribution in [3.63, 3.8) is 0 Å². The number of hydrogen-bond acceptors (Lipinski definition) is 3.